The minimum atomic E-state index is -0.747. The zero-order valence-corrected chi connectivity index (χ0v) is 26.8. The Labute approximate surface area is 246 Å². The minimum absolute atomic E-state index is 0.0139. The van der Waals surface area contributed by atoms with Crippen LogP contribution in [0.15, 0.2) is 11.6 Å². The maximum atomic E-state index is 14.0. The molecule has 0 bridgehead atoms. The first-order chi connectivity index (χ1) is 19.1. The molecule has 2 N–H and O–H groups in total. The van der Waals surface area contributed by atoms with E-state index in [1.165, 1.54) is 0 Å². The molecule has 0 aromatic rings. The molecule has 10 heteroatoms. The standard InChI is InChI=1S/C31H54FN5O4/c1-20(2)25(19-22(5)29(40)37-18-12-14-23(37)27(38)33-16-15-32)35(9)30(41)26(31(6,7)8)34-28(39)24-13-10-11-17-36(24)21(3)4/h19-21,23-26H,10-18H2,1-9H3,(H,33,38)(H,34,39)/t23-,24?,25+,26+/m0/s1. The van der Waals surface area contributed by atoms with Crippen LogP contribution in [0.3, 0.4) is 0 Å². The van der Waals surface area contributed by atoms with Crippen LogP contribution >= 0.6 is 0 Å². The second-order valence-electron chi connectivity index (χ2n) is 13.3. The molecular weight excluding hydrogens is 525 g/mol. The Bertz CT molecular complexity index is 961. The summed E-state index contributed by atoms with van der Waals surface area (Å²) < 4.78 is 12.6. The lowest BCUT2D eigenvalue weighted by Gasteiger charge is -2.41. The van der Waals surface area contributed by atoms with E-state index in [1.54, 1.807) is 29.8 Å². The number of piperidine rings is 1. The number of amides is 4. The smallest absolute Gasteiger partial charge is 0.249 e. The zero-order valence-electron chi connectivity index (χ0n) is 26.8. The number of rotatable bonds is 11. The fourth-order valence-electron chi connectivity index (χ4n) is 5.97. The monoisotopic (exact) mass is 579 g/mol. The van der Waals surface area contributed by atoms with Crippen LogP contribution in [0.5, 0.6) is 0 Å². The minimum Gasteiger partial charge on any atom is -0.352 e. The van der Waals surface area contributed by atoms with E-state index in [-0.39, 0.29) is 48.2 Å². The number of carbonyl (C=O) groups is 4. The lowest BCUT2D eigenvalue weighted by molar-refractivity contribution is -0.142. The van der Waals surface area contributed by atoms with Crippen LogP contribution in [0.2, 0.25) is 0 Å². The average molecular weight is 580 g/mol. The molecule has 0 saturated carbocycles. The summed E-state index contributed by atoms with van der Waals surface area (Å²) in [6.07, 6.45) is 5.84. The zero-order chi connectivity index (χ0) is 31.1. The van der Waals surface area contributed by atoms with Gasteiger partial charge >= 0.3 is 0 Å². The van der Waals surface area contributed by atoms with Crippen LogP contribution in [-0.2, 0) is 19.2 Å². The van der Waals surface area contributed by atoms with E-state index >= 15 is 0 Å². The van der Waals surface area contributed by atoms with Crippen molar-refractivity contribution in [3.63, 3.8) is 0 Å². The molecule has 4 atom stereocenters. The Balaban J connectivity index is 2.25. The third-order valence-corrected chi connectivity index (χ3v) is 8.36. The Kier molecular flexibility index (Phi) is 12.8. The predicted molar refractivity (Wildman–Crippen MR) is 160 cm³/mol. The molecule has 1 unspecified atom stereocenters. The second kappa shape index (κ2) is 15.1. The molecule has 0 aromatic heterocycles. The SMILES string of the molecule is CC(=C[C@H](C(C)C)N(C)C(=O)[C@@H](NC(=O)C1CCCCN1C(C)C)C(C)(C)C)C(=O)N1CCC[C@H]1C(=O)NCCF. The van der Waals surface area contributed by atoms with Crippen molar-refractivity contribution in [2.24, 2.45) is 11.3 Å². The van der Waals surface area contributed by atoms with E-state index in [4.69, 9.17) is 0 Å². The Morgan fingerprint density at radius 3 is 2.17 bits per heavy atom. The number of halogens is 1. The first-order valence-electron chi connectivity index (χ1n) is 15.3. The number of likely N-dealkylation sites (N-methyl/N-ethyl adjacent to an activating group) is 1. The summed E-state index contributed by atoms with van der Waals surface area (Å²) in [5.74, 6) is -0.945. The third kappa shape index (κ3) is 9.00. The van der Waals surface area contributed by atoms with Crippen LogP contribution < -0.4 is 10.6 Å². The lowest BCUT2D eigenvalue weighted by atomic mass is 9.84. The largest absolute Gasteiger partial charge is 0.352 e. The van der Waals surface area contributed by atoms with Crippen molar-refractivity contribution in [2.45, 2.75) is 118 Å². The normalized spacial score (nSPS) is 22.0. The van der Waals surface area contributed by atoms with Gasteiger partial charge in [0.05, 0.1) is 12.1 Å². The molecule has 2 saturated heterocycles. The summed E-state index contributed by atoms with van der Waals surface area (Å²) in [4.78, 5) is 58.9. The molecule has 0 aliphatic carbocycles. The van der Waals surface area contributed by atoms with Gasteiger partial charge in [0.1, 0.15) is 18.8 Å². The van der Waals surface area contributed by atoms with Gasteiger partial charge in [0, 0.05) is 31.8 Å². The maximum absolute atomic E-state index is 14.0. The van der Waals surface area contributed by atoms with E-state index < -0.39 is 30.2 Å². The van der Waals surface area contributed by atoms with Gasteiger partial charge in [-0.2, -0.15) is 0 Å². The van der Waals surface area contributed by atoms with Crippen molar-refractivity contribution >= 4 is 23.6 Å². The van der Waals surface area contributed by atoms with Gasteiger partial charge in [0.25, 0.3) is 0 Å². The van der Waals surface area contributed by atoms with Crippen LogP contribution in [-0.4, -0.2) is 102 Å². The van der Waals surface area contributed by atoms with Gasteiger partial charge in [0.15, 0.2) is 0 Å². The Morgan fingerprint density at radius 2 is 1.61 bits per heavy atom. The van der Waals surface area contributed by atoms with Gasteiger partial charge in [-0.25, -0.2) is 4.39 Å². The fraction of sp³-hybridized carbons (Fsp3) is 0.806. The molecule has 234 valence electrons. The van der Waals surface area contributed by atoms with Crippen molar-refractivity contribution in [1.29, 1.82) is 0 Å². The van der Waals surface area contributed by atoms with Gasteiger partial charge in [-0.05, 0) is 64.3 Å². The summed E-state index contributed by atoms with van der Waals surface area (Å²) in [6, 6.07) is -1.80. The number of hydrogen-bond donors (Lipinski definition) is 2. The number of alkyl halides is 1. The topological polar surface area (TPSA) is 102 Å². The highest BCUT2D eigenvalue weighted by molar-refractivity contribution is 5.97. The molecule has 0 aromatic carbocycles. The second-order valence-corrected chi connectivity index (χ2v) is 13.3. The summed E-state index contributed by atoms with van der Waals surface area (Å²) in [5, 5.41) is 5.65. The molecule has 2 rings (SSSR count). The molecular formula is C31H54FN5O4. The van der Waals surface area contributed by atoms with Crippen molar-refractivity contribution < 1.29 is 23.6 Å². The van der Waals surface area contributed by atoms with Gasteiger partial charge in [-0.15, -0.1) is 0 Å². The molecule has 41 heavy (non-hydrogen) atoms. The van der Waals surface area contributed by atoms with Crippen LogP contribution in [0.4, 0.5) is 4.39 Å². The number of likely N-dealkylation sites (tertiary alicyclic amines) is 2. The van der Waals surface area contributed by atoms with Gasteiger partial charge < -0.3 is 20.4 Å². The van der Waals surface area contributed by atoms with Gasteiger partial charge in [0.2, 0.25) is 23.6 Å². The third-order valence-electron chi connectivity index (χ3n) is 8.36. The van der Waals surface area contributed by atoms with Crippen LogP contribution in [0.1, 0.15) is 87.5 Å². The number of hydrogen-bond acceptors (Lipinski definition) is 5. The van der Waals surface area contributed by atoms with E-state index in [2.05, 4.69) is 29.4 Å². The van der Waals surface area contributed by atoms with E-state index in [1.807, 2.05) is 34.6 Å². The van der Waals surface area contributed by atoms with Crippen molar-refractivity contribution in [1.82, 2.24) is 25.3 Å². The summed E-state index contributed by atoms with van der Waals surface area (Å²) in [5.41, 5.74) is -0.0934. The Hall–Kier alpha value is -2.49. The van der Waals surface area contributed by atoms with Gasteiger partial charge in [-0.1, -0.05) is 47.1 Å². The number of carbonyl (C=O) groups excluding carboxylic acids is 4. The summed E-state index contributed by atoms with van der Waals surface area (Å²) >= 11 is 0. The number of nitrogens with zero attached hydrogens (tertiary/aromatic N) is 3. The summed E-state index contributed by atoms with van der Waals surface area (Å²) in [6.45, 7) is 16.3. The molecule has 2 aliphatic rings. The quantitative estimate of drug-likeness (QED) is 0.366. The molecule has 9 nitrogen and oxygen atoms in total. The summed E-state index contributed by atoms with van der Waals surface area (Å²) in [7, 11) is 1.72. The molecule has 0 spiro atoms. The van der Waals surface area contributed by atoms with Crippen LogP contribution in [0, 0.1) is 11.3 Å². The lowest BCUT2D eigenvalue weighted by Crippen LogP contribution is -2.60. The van der Waals surface area contributed by atoms with E-state index in [9.17, 15) is 23.6 Å². The van der Waals surface area contributed by atoms with Crippen molar-refractivity contribution in [3.05, 3.63) is 11.6 Å². The van der Waals surface area contributed by atoms with E-state index in [0.29, 0.717) is 25.0 Å². The average Bonchev–Trinajstić information content (AvgIpc) is 3.41. The molecule has 2 aliphatic heterocycles. The molecule has 2 fully saturated rings. The highest BCUT2D eigenvalue weighted by Crippen LogP contribution is 2.26. The maximum Gasteiger partial charge on any atom is 0.249 e. The van der Waals surface area contributed by atoms with Crippen molar-refractivity contribution in [3.8, 4) is 0 Å². The highest BCUT2D eigenvalue weighted by atomic mass is 19.1. The van der Waals surface area contributed by atoms with Crippen molar-refractivity contribution in [2.75, 3.05) is 33.4 Å². The van der Waals surface area contributed by atoms with E-state index in [0.717, 1.165) is 25.8 Å². The number of nitrogens with one attached hydrogen (secondary N) is 2. The van der Waals surface area contributed by atoms with Crippen LogP contribution in [0.25, 0.3) is 0 Å². The fourth-order valence-corrected chi connectivity index (χ4v) is 5.97. The molecule has 0 radical (unpaired) electrons. The molecule has 4 amide bonds. The predicted octanol–water partition coefficient (Wildman–Crippen LogP) is 3.29. The first kappa shape index (κ1) is 34.7. The highest BCUT2D eigenvalue weighted by Gasteiger charge is 2.40. The molecule has 2 heterocycles. The Morgan fingerprint density at radius 1 is 0.976 bits per heavy atom. The van der Waals surface area contributed by atoms with Gasteiger partial charge in [-0.3, -0.25) is 24.1 Å². The first-order valence-corrected chi connectivity index (χ1v) is 15.3.